The Balaban J connectivity index is 1.96. The number of para-hydroxylation sites is 1. The molecule has 0 spiro atoms. The van der Waals surface area contributed by atoms with Crippen LogP contribution in [0.4, 0.5) is 0 Å². The molecular weight excluding hydrogens is 270 g/mol. The van der Waals surface area contributed by atoms with E-state index in [2.05, 4.69) is 43.4 Å². The molecule has 0 aliphatic heterocycles. The van der Waals surface area contributed by atoms with Crippen molar-refractivity contribution in [3.8, 4) is 5.75 Å². The van der Waals surface area contributed by atoms with Crippen LogP contribution in [0.2, 0.25) is 5.02 Å². The van der Waals surface area contributed by atoms with Crippen molar-refractivity contribution in [2.45, 2.75) is 33.0 Å². The molecule has 0 aliphatic carbocycles. The zero-order chi connectivity index (χ0) is 14.4. The maximum absolute atomic E-state index is 6.07. The highest BCUT2D eigenvalue weighted by molar-refractivity contribution is 6.32. The Kier molecular flexibility index (Phi) is 5.45. The average Bonchev–Trinajstić information content (AvgIpc) is 2.45. The first kappa shape index (κ1) is 14.9. The monoisotopic (exact) mass is 289 g/mol. The van der Waals surface area contributed by atoms with E-state index in [0.29, 0.717) is 17.7 Å². The minimum atomic E-state index is 0.484. The first-order valence-electron chi connectivity index (χ1n) is 6.83. The molecule has 3 heteroatoms. The summed E-state index contributed by atoms with van der Waals surface area (Å²) in [5.41, 5.74) is 2.41. The van der Waals surface area contributed by atoms with Crippen LogP contribution in [0.1, 0.15) is 25.0 Å². The topological polar surface area (TPSA) is 21.3 Å². The molecule has 1 N–H and O–H groups in total. The summed E-state index contributed by atoms with van der Waals surface area (Å²) in [6.07, 6.45) is 0. The zero-order valence-corrected chi connectivity index (χ0v) is 12.7. The summed E-state index contributed by atoms with van der Waals surface area (Å²) in [5.74, 6) is 0.722. The maximum atomic E-state index is 6.07. The van der Waals surface area contributed by atoms with Crippen molar-refractivity contribution in [1.82, 2.24) is 5.32 Å². The fourth-order valence-electron chi connectivity index (χ4n) is 1.87. The lowest BCUT2D eigenvalue weighted by atomic mass is 10.1. The molecule has 2 rings (SSSR count). The molecule has 0 radical (unpaired) electrons. The molecule has 0 fully saturated rings. The van der Waals surface area contributed by atoms with E-state index in [1.165, 1.54) is 5.56 Å². The SMILES string of the molecule is CC(C)NCc1cccc(COc2ccccc2Cl)c1. The van der Waals surface area contributed by atoms with Gasteiger partial charge < -0.3 is 10.1 Å². The summed E-state index contributed by atoms with van der Waals surface area (Å²) >= 11 is 6.07. The predicted octanol–water partition coefficient (Wildman–Crippen LogP) is 4.42. The molecule has 0 unspecified atom stereocenters. The number of benzene rings is 2. The second-order valence-electron chi connectivity index (χ2n) is 5.07. The van der Waals surface area contributed by atoms with Crippen LogP contribution in [0.15, 0.2) is 48.5 Å². The van der Waals surface area contributed by atoms with Crippen LogP contribution in [-0.2, 0) is 13.2 Å². The van der Waals surface area contributed by atoms with Crippen molar-refractivity contribution in [2.75, 3.05) is 0 Å². The van der Waals surface area contributed by atoms with Crippen molar-refractivity contribution in [1.29, 1.82) is 0 Å². The first-order valence-corrected chi connectivity index (χ1v) is 7.21. The molecule has 20 heavy (non-hydrogen) atoms. The molecule has 0 amide bonds. The van der Waals surface area contributed by atoms with Crippen molar-refractivity contribution in [3.63, 3.8) is 0 Å². The number of hydrogen-bond donors (Lipinski definition) is 1. The highest BCUT2D eigenvalue weighted by Gasteiger charge is 2.02. The third kappa shape index (κ3) is 4.55. The van der Waals surface area contributed by atoms with E-state index in [4.69, 9.17) is 16.3 Å². The summed E-state index contributed by atoms with van der Waals surface area (Å²) in [4.78, 5) is 0. The van der Waals surface area contributed by atoms with Gasteiger partial charge in [-0.2, -0.15) is 0 Å². The molecule has 0 aromatic heterocycles. The van der Waals surface area contributed by atoms with Crippen LogP contribution in [0, 0.1) is 0 Å². The molecule has 0 atom stereocenters. The molecule has 0 saturated heterocycles. The van der Waals surface area contributed by atoms with Gasteiger partial charge in [-0.05, 0) is 23.3 Å². The number of halogens is 1. The van der Waals surface area contributed by atoms with Gasteiger partial charge in [0.05, 0.1) is 5.02 Å². The number of rotatable bonds is 6. The van der Waals surface area contributed by atoms with Crippen molar-refractivity contribution < 1.29 is 4.74 Å². The van der Waals surface area contributed by atoms with Gasteiger partial charge in [-0.25, -0.2) is 0 Å². The number of hydrogen-bond acceptors (Lipinski definition) is 2. The van der Waals surface area contributed by atoms with Gasteiger partial charge in [0.2, 0.25) is 0 Å². The lowest BCUT2D eigenvalue weighted by Crippen LogP contribution is -2.21. The molecular formula is C17H20ClNO. The minimum Gasteiger partial charge on any atom is -0.487 e. The molecule has 0 bridgehead atoms. The van der Waals surface area contributed by atoms with Crippen LogP contribution in [0.3, 0.4) is 0 Å². The molecule has 106 valence electrons. The fourth-order valence-corrected chi connectivity index (χ4v) is 2.06. The van der Waals surface area contributed by atoms with Crippen LogP contribution < -0.4 is 10.1 Å². The Labute approximate surface area is 125 Å². The smallest absolute Gasteiger partial charge is 0.138 e. The molecule has 0 heterocycles. The van der Waals surface area contributed by atoms with E-state index in [1.54, 1.807) is 0 Å². The standard InChI is InChI=1S/C17H20ClNO/c1-13(2)19-11-14-6-5-7-15(10-14)12-20-17-9-4-3-8-16(17)18/h3-10,13,19H,11-12H2,1-2H3. The van der Waals surface area contributed by atoms with Gasteiger partial charge >= 0.3 is 0 Å². The van der Waals surface area contributed by atoms with Gasteiger partial charge in [-0.15, -0.1) is 0 Å². The molecule has 2 aromatic rings. The van der Waals surface area contributed by atoms with Crippen LogP contribution in [0.25, 0.3) is 0 Å². The Morgan fingerprint density at radius 1 is 1.05 bits per heavy atom. The van der Waals surface area contributed by atoms with Gasteiger partial charge in [-0.3, -0.25) is 0 Å². The van der Waals surface area contributed by atoms with E-state index in [0.717, 1.165) is 17.9 Å². The van der Waals surface area contributed by atoms with Gasteiger partial charge in [-0.1, -0.05) is 61.8 Å². The van der Waals surface area contributed by atoms with Crippen molar-refractivity contribution in [2.24, 2.45) is 0 Å². The number of nitrogens with one attached hydrogen (secondary N) is 1. The zero-order valence-electron chi connectivity index (χ0n) is 11.9. The van der Waals surface area contributed by atoms with Crippen LogP contribution in [0.5, 0.6) is 5.75 Å². The summed E-state index contributed by atoms with van der Waals surface area (Å²) in [5, 5.41) is 4.05. The molecule has 0 aliphatic rings. The van der Waals surface area contributed by atoms with Gasteiger partial charge in [0, 0.05) is 12.6 Å². The minimum absolute atomic E-state index is 0.484. The normalized spacial score (nSPS) is 10.8. The van der Waals surface area contributed by atoms with E-state index in [1.807, 2.05) is 24.3 Å². The maximum Gasteiger partial charge on any atom is 0.138 e. The molecule has 0 saturated carbocycles. The summed E-state index contributed by atoms with van der Waals surface area (Å²) in [6.45, 7) is 5.69. The van der Waals surface area contributed by atoms with Gasteiger partial charge in [0.1, 0.15) is 12.4 Å². The lowest BCUT2D eigenvalue weighted by Gasteiger charge is -2.11. The lowest BCUT2D eigenvalue weighted by molar-refractivity contribution is 0.306. The van der Waals surface area contributed by atoms with E-state index >= 15 is 0 Å². The average molecular weight is 290 g/mol. The molecule has 2 nitrogen and oxygen atoms in total. The molecule has 2 aromatic carbocycles. The quantitative estimate of drug-likeness (QED) is 0.850. The van der Waals surface area contributed by atoms with Gasteiger partial charge in [0.15, 0.2) is 0 Å². The Bertz CT molecular complexity index is 554. The summed E-state index contributed by atoms with van der Waals surface area (Å²) in [7, 11) is 0. The second kappa shape index (κ2) is 7.32. The predicted molar refractivity (Wildman–Crippen MR) is 84.2 cm³/mol. The van der Waals surface area contributed by atoms with Crippen molar-refractivity contribution >= 4 is 11.6 Å². The van der Waals surface area contributed by atoms with E-state index in [-0.39, 0.29) is 0 Å². The van der Waals surface area contributed by atoms with Crippen LogP contribution >= 0.6 is 11.6 Å². The van der Waals surface area contributed by atoms with E-state index < -0.39 is 0 Å². The highest BCUT2D eigenvalue weighted by Crippen LogP contribution is 2.24. The van der Waals surface area contributed by atoms with Crippen molar-refractivity contribution in [3.05, 3.63) is 64.7 Å². The summed E-state index contributed by atoms with van der Waals surface area (Å²) in [6, 6.07) is 16.4. The highest BCUT2D eigenvalue weighted by atomic mass is 35.5. The van der Waals surface area contributed by atoms with Gasteiger partial charge in [0.25, 0.3) is 0 Å². The second-order valence-corrected chi connectivity index (χ2v) is 5.48. The largest absolute Gasteiger partial charge is 0.487 e. The third-order valence-corrected chi connectivity index (χ3v) is 3.25. The third-order valence-electron chi connectivity index (χ3n) is 2.94. The first-order chi connectivity index (χ1) is 9.65. The van der Waals surface area contributed by atoms with Crippen LogP contribution in [-0.4, -0.2) is 6.04 Å². The summed E-state index contributed by atoms with van der Waals surface area (Å²) < 4.78 is 5.75. The van der Waals surface area contributed by atoms with E-state index in [9.17, 15) is 0 Å². The Hall–Kier alpha value is -1.51. The Morgan fingerprint density at radius 2 is 1.80 bits per heavy atom. The Morgan fingerprint density at radius 3 is 2.55 bits per heavy atom. The fraction of sp³-hybridized carbons (Fsp3) is 0.294. The number of ether oxygens (including phenoxy) is 1.